The number of rotatable bonds is 4. The Bertz CT molecular complexity index is 779. The molecule has 0 spiro atoms. The number of carbonyl (C=O) groups is 1. The summed E-state index contributed by atoms with van der Waals surface area (Å²) in [6.07, 6.45) is 0. The largest absolute Gasteiger partial charge is 0.494 e. The lowest BCUT2D eigenvalue weighted by molar-refractivity contribution is 0.00578. The van der Waals surface area contributed by atoms with Crippen LogP contribution in [0.3, 0.4) is 0 Å². The molecule has 1 amide bonds. The summed E-state index contributed by atoms with van der Waals surface area (Å²) in [5.74, 6) is -0.0804. The fourth-order valence-electron chi connectivity index (χ4n) is 2.80. The molecule has 1 saturated heterocycles. The van der Waals surface area contributed by atoms with Crippen LogP contribution in [0.4, 0.5) is 0 Å². The van der Waals surface area contributed by atoms with E-state index in [1.54, 1.807) is 4.90 Å². The number of nitrogens with zero attached hydrogens (tertiary/aromatic N) is 2. The van der Waals surface area contributed by atoms with Gasteiger partial charge in [-0.3, -0.25) is 4.79 Å². The first-order chi connectivity index (χ1) is 11.7. The minimum Gasteiger partial charge on any atom is -0.432 e. The number of hydrogen-bond donors (Lipinski definition) is 0. The minimum atomic E-state index is -0.471. The van der Waals surface area contributed by atoms with Crippen molar-refractivity contribution in [2.75, 3.05) is 13.1 Å². The number of oxazole rings is 1. The summed E-state index contributed by atoms with van der Waals surface area (Å²) >= 11 is 0. The molecule has 0 atom stereocenters. The number of benzene rings is 1. The molecule has 0 unspecified atom stereocenters. The van der Waals surface area contributed by atoms with Crippen molar-refractivity contribution >= 4 is 29.6 Å². The maximum Gasteiger partial charge on any atom is 0.494 e. The summed E-state index contributed by atoms with van der Waals surface area (Å²) in [5, 5.41) is 0. The summed E-state index contributed by atoms with van der Waals surface area (Å²) in [7, 11) is -0.471. The van der Waals surface area contributed by atoms with Crippen LogP contribution in [-0.2, 0) is 9.31 Å². The highest BCUT2D eigenvalue weighted by Gasteiger charge is 2.51. The van der Waals surface area contributed by atoms with Crippen LogP contribution < -0.4 is 5.46 Å². The minimum absolute atomic E-state index is 0.116. The van der Waals surface area contributed by atoms with Crippen molar-refractivity contribution in [1.29, 1.82) is 0 Å². The van der Waals surface area contributed by atoms with Gasteiger partial charge in [-0.15, -0.1) is 0 Å². The summed E-state index contributed by atoms with van der Waals surface area (Å²) < 4.78 is 17.8. The van der Waals surface area contributed by atoms with Crippen molar-refractivity contribution in [1.82, 2.24) is 9.88 Å². The van der Waals surface area contributed by atoms with Gasteiger partial charge in [0.15, 0.2) is 5.58 Å². The Kier molecular flexibility index (Phi) is 4.41. The SMILES string of the molecule is CCN(CC)C(=O)c1nc2ccc(B3OC(C)(C)C(C)(C)O3)cc2o1. The lowest BCUT2D eigenvalue weighted by Crippen LogP contribution is -2.41. The van der Waals surface area contributed by atoms with E-state index in [9.17, 15) is 4.79 Å². The second-order valence-corrected chi connectivity index (χ2v) is 7.31. The molecule has 2 aromatic rings. The molecule has 0 aliphatic carbocycles. The van der Waals surface area contributed by atoms with Gasteiger partial charge in [0.05, 0.1) is 11.2 Å². The molecule has 1 aromatic carbocycles. The van der Waals surface area contributed by atoms with E-state index in [0.717, 1.165) is 5.46 Å². The molecule has 25 heavy (non-hydrogen) atoms. The Morgan fingerprint density at radius 3 is 2.28 bits per heavy atom. The Labute approximate surface area is 148 Å². The fraction of sp³-hybridized carbons (Fsp3) is 0.556. The molecular formula is C18H25BN2O4. The Hall–Kier alpha value is -1.86. The molecule has 7 heteroatoms. The van der Waals surface area contributed by atoms with Crippen molar-refractivity contribution in [2.24, 2.45) is 0 Å². The predicted octanol–water partition coefficient (Wildman–Crippen LogP) is 2.61. The average molecular weight is 344 g/mol. The number of aromatic nitrogens is 1. The highest BCUT2D eigenvalue weighted by atomic mass is 16.7. The first kappa shape index (κ1) is 18.0. The lowest BCUT2D eigenvalue weighted by Gasteiger charge is -2.32. The third kappa shape index (κ3) is 3.07. The number of amides is 1. The molecule has 1 aliphatic rings. The summed E-state index contributed by atoms with van der Waals surface area (Å²) in [6, 6.07) is 5.57. The third-order valence-electron chi connectivity index (χ3n) is 5.17. The zero-order valence-corrected chi connectivity index (χ0v) is 15.8. The standard InChI is InChI=1S/C18H25BN2O4/c1-7-21(8-2)16(22)15-20-13-10-9-12(11-14(13)23-15)19-24-17(3,4)18(5,6)25-19/h9-11H,7-8H2,1-6H3. The van der Waals surface area contributed by atoms with Crippen molar-refractivity contribution in [3.05, 3.63) is 24.1 Å². The summed E-state index contributed by atoms with van der Waals surface area (Å²) in [5.41, 5.74) is 1.25. The molecule has 1 aliphatic heterocycles. The van der Waals surface area contributed by atoms with Gasteiger partial charge < -0.3 is 18.6 Å². The van der Waals surface area contributed by atoms with E-state index in [1.165, 1.54) is 0 Å². The molecule has 1 fully saturated rings. The molecule has 134 valence electrons. The van der Waals surface area contributed by atoms with Gasteiger partial charge >= 0.3 is 13.0 Å². The first-order valence-corrected chi connectivity index (χ1v) is 8.74. The summed E-state index contributed by atoms with van der Waals surface area (Å²) in [6.45, 7) is 13.2. The van der Waals surface area contributed by atoms with Crippen LogP contribution in [-0.4, -0.2) is 47.2 Å². The lowest BCUT2D eigenvalue weighted by atomic mass is 9.79. The molecular weight excluding hydrogens is 319 g/mol. The van der Waals surface area contributed by atoms with E-state index in [2.05, 4.69) is 4.98 Å². The average Bonchev–Trinajstić information content (AvgIpc) is 3.06. The van der Waals surface area contributed by atoms with Gasteiger partial charge in [-0.05, 0) is 59.1 Å². The number of hydrogen-bond acceptors (Lipinski definition) is 5. The van der Waals surface area contributed by atoms with Crippen molar-refractivity contribution in [3.8, 4) is 0 Å². The normalized spacial score (nSPS) is 18.7. The highest BCUT2D eigenvalue weighted by Crippen LogP contribution is 2.36. The maximum absolute atomic E-state index is 12.4. The van der Waals surface area contributed by atoms with Gasteiger partial charge in [0.2, 0.25) is 0 Å². The topological polar surface area (TPSA) is 64.8 Å². The van der Waals surface area contributed by atoms with Crippen LogP contribution in [0.15, 0.2) is 22.6 Å². The quantitative estimate of drug-likeness (QED) is 0.798. The van der Waals surface area contributed by atoms with Crippen LogP contribution in [0.2, 0.25) is 0 Å². The molecule has 0 radical (unpaired) electrons. The fourth-order valence-corrected chi connectivity index (χ4v) is 2.80. The van der Waals surface area contributed by atoms with E-state index in [4.69, 9.17) is 13.7 Å². The second-order valence-electron chi connectivity index (χ2n) is 7.31. The Morgan fingerprint density at radius 1 is 1.12 bits per heavy atom. The van der Waals surface area contributed by atoms with Crippen molar-refractivity contribution in [2.45, 2.75) is 52.7 Å². The molecule has 0 bridgehead atoms. The summed E-state index contributed by atoms with van der Waals surface area (Å²) in [4.78, 5) is 18.4. The third-order valence-corrected chi connectivity index (χ3v) is 5.17. The van der Waals surface area contributed by atoms with Crippen LogP contribution in [0.25, 0.3) is 11.1 Å². The Morgan fingerprint density at radius 2 is 1.72 bits per heavy atom. The smallest absolute Gasteiger partial charge is 0.432 e. The molecule has 1 aromatic heterocycles. The molecule has 0 N–H and O–H groups in total. The first-order valence-electron chi connectivity index (χ1n) is 8.74. The van der Waals surface area contributed by atoms with Gasteiger partial charge in [0, 0.05) is 13.1 Å². The monoisotopic (exact) mass is 344 g/mol. The van der Waals surface area contributed by atoms with Gasteiger partial charge in [0.25, 0.3) is 5.89 Å². The van der Waals surface area contributed by atoms with Gasteiger partial charge in [-0.1, -0.05) is 6.07 Å². The Balaban J connectivity index is 1.90. The maximum atomic E-state index is 12.4. The van der Waals surface area contributed by atoms with E-state index in [0.29, 0.717) is 24.2 Å². The van der Waals surface area contributed by atoms with Crippen LogP contribution in [0.5, 0.6) is 0 Å². The van der Waals surface area contributed by atoms with Crippen molar-refractivity contribution < 1.29 is 18.5 Å². The van der Waals surface area contributed by atoms with E-state index in [-0.39, 0.29) is 11.8 Å². The number of carbonyl (C=O) groups excluding carboxylic acids is 1. The highest BCUT2D eigenvalue weighted by molar-refractivity contribution is 6.62. The molecule has 2 heterocycles. The van der Waals surface area contributed by atoms with Crippen LogP contribution in [0, 0.1) is 0 Å². The zero-order valence-electron chi connectivity index (χ0n) is 15.8. The van der Waals surface area contributed by atoms with Crippen molar-refractivity contribution in [3.63, 3.8) is 0 Å². The molecule has 0 saturated carbocycles. The second kappa shape index (κ2) is 6.14. The molecule has 3 rings (SSSR count). The van der Waals surface area contributed by atoms with E-state index < -0.39 is 18.3 Å². The van der Waals surface area contributed by atoms with E-state index in [1.807, 2.05) is 59.7 Å². The van der Waals surface area contributed by atoms with Gasteiger partial charge in [-0.25, -0.2) is 4.98 Å². The van der Waals surface area contributed by atoms with E-state index >= 15 is 0 Å². The molecule has 6 nitrogen and oxygen atoms in total. The van der Waals surface area contributed by atoms with Gasteiger partial charge in [-0.2, -0.15) is 0 Å². The predicted molar refractivity (Wildman–Crippen MR) is 97.0 cm³/mol. The van der Waals surface area contributed by atoms with Gasteiger partial charge in [0.1, 0.15) is 5.52 Å². The zero-order chi connectivity index (χ0) is 18.4. The number of fused-ring (bicyclic) bond motifs is 1. The van der Waals surface area contributed by atoms with Crippen LogP contribution >= 0.6 is 0 Å². The van der Waals surface area contributed by atoms with Crippen LogP contribution in [0.1, 0.15) is 52.2 Å².